The van der Waals surface area contributed by atoms with Crippen LogP contribution in [0.15, 0.2) is 23.5 Å². The topological polar surface area (TPSA) is 77.9 Å². The Morgan fingerprint density at radius 3 is 2.55 bits per heavy atom. The molecule has 174 valence electrons. The maximum absolute atomic E-state index is 5.36. The molecule has 1 aromatic heterocycles. The molecule has 1 aromatic rings. The molecule has 1 saturated heterocycles. The predicted octanol–water partition coefficient (Wildman–Crippen LogP) is 2.14. The highest BCUT2D eigenvalue weighted by Gasteiger charge is 2.33. The summed E-state index contributed by atoms with van der Waals surface area (Å²) in [6, 6.07) is 1.87. The summed E-state index contributed by atoms with van der Waals surface area (Å²) >= 11 is 0. The van der Waals surface area contributed by atoms with Gasteiger partial charge in [-0.1, -0.05) is 12.8 Å². The Morgan fingerprint density at radius 1 is 1.13 bits per heavy atom. The van der Waals surface area contributed by atoms with Crippen molar-refractivity contribution in [3.8, 4) is 0 Å². The van der Waals surface area contributed by atoms with Crippen LogP contribution in [0.2, 0.25) is 0 Å². The van der Waals surface area contributed by atoms with Crippen molar-refractivity contribution >= 4 is 11.9 Å². The lowest BCUT2D eigenvalue weighted by Gasteiger charge is -2.34. The SMILES string of the molecule is CCNC(=NCC1(CCOC)CCCC1)NCCCN1CCN(c2ncccn2)CC1. The van der Waals surface area contributed by atoms with Gasteiger partial charge in [0, 0.05) is 71.9 Å². The number of rotatable bonds is 11. The van der Waals surface area contributed by atoms with Crippen LogP contribution in [0.1, 0.15) is 45.4 Å². The first-order valence-electron chi connectivity index (χ1n) is 12.0. The number of guanidine groups is 1. The van der Waals surface area contributed by atoms with E-state index in [1.54, 1.807) is 7.11 Å². The van der Waals surface area contributed by atoms with Crippen molar-refractivity contribution in [1.82, 2.24) is 25.5 Å². The Morgan fingerprint density at radius 2 is 1.87 bits per heavy atom. The predicted molar refractivity (Wildman–Crippen MR) is 127 cm³/mol. The van der Waals surface area contributed by atoms with Gasteiger partial charge < -0.3 is 20.3 Å². The van der Waals surface area contributed by atoms with Crippen LogP contribution in [0.4, 0.5) is 5.95 Å². The maximum atomic E-state index is 5.36. The van der Waals surface area contributed by atoms with Crippen molar-refractivity contribution in [1.29, 1.82) is 0 Å². The van der Waals surface area contributed by atoms with Crippen LogP contribution < -0.4 is 15.5 Å². The number of aromatic nitrogens is 2. The maximum Gasteiger partial charge on any atom is 0.225 e. The van der Waals surface area contributed by atoms with Crippen molar-refractivity contribution in [3.05, 3.63) is 18.5 Å². The molecule has 2 aliphatic rings. The average molecular weight is 432 g/mol. The highest BCUT2D eigenvalue weighted by molar-refractivity contribution is 5.79. The van der Waals surface area contributed by atoms with Crippen LogP contribution in [-0.2, 0) is 4.74 Å². The molecule has 0 radical (unpaired) electrons. The molecule has 8 heteroatoms. The minimum absolute atomic E-state index is 0.334. The van der Waals surface area contributed by atoms with E-state index in [4.69, 9.17) is 9.73 Å². The lowest BCUT2D eigenvalue weighted by molar-refractivity contribution is 0.141. The number of aliphatic imine (C=N–C) groups is 1. The smallest absolute Gasteiger partial charge is 0.225 e. The van der Waals surface area contributed by atoms with E-state index in [2.05, 4.69) is 37.3 Å². The van der Waals surface area contributed by atoms with Crippen LogP contribution in [0.3, 0.4) is 0 Å². The molecule has 8 nitrogen and oxygen atoms in total. The van der Waals surface area contributed by atoms with Crippen molar-refractivity contribution < 1.29 is 4.74 Å². The van der Waals surface area contributed by atoms with Gasteiger partial charge in [-0.2, -0.15) is 0 Å². The second kappa shape index (κ2) is 12.8. The standard InChI is InChI=1S/C23H41N7O/c1-3-24-21(28-20-23(10-19-31-2)8-4-5-9-23)25-13-7-14-29-15-17-30(18-16-29)22-26-11-6-12-27-22/h6,11-12H,3-5,7-10,13-20H2,1-2H3,(H2,24,25,28). The van der Waals surface area contributed by atoms with Gasteiger partial charge in [-0.25, -0.2) is 9.97 Å². The molecule has 2 heterocycles. The average Bonchev–Trinajstić information content (AvgIpc) is 3.29. The minimum atomic E-state index is 0.334. The monoisotopic (exact) mass is 431 g/mol. The summed E-state index contributed by atoms with van der Waals surface area (Å²) in [5, 5.41) is 6.96. The van der Waals surface area contributed by atoms with Crippen LogP contribution in [0.25, 0.3) is 0 Å². The van der Waals surface area contributed by atoms with E-state index in [9.17, 15) is 0 Å². The first-order chi connectivity index (χ1) is 15.2. The van der Waals surface area contributed by atoms with Crippen LogP contribution in [0.5, 0.6) is 0 Å². The van der Waals surface area contributed by atoms with Crippen LogP contribution in [0, 0.1) is 5.41 Å². The number of nitrogens with zero attached hydrogens (tertiary/aromatic N) is 5. The van der Waals surface area contributed by atoms with E-state index in [0.717, 1.165) is 83.7 Å². The van der Waals surface area contributed by atoms with Gasteiger partial charge in [0.05, 0.1) is 0 Å². The van der Waals surface area contributed by atoms with E-state index in [1.807, 2.05) is 18.5 Å². The molecule has 1 aliphatic carbocycles. The Balaban J connectivity index is 1.37. The Hall–Kier alpha value is -1.93. The van der Waals surface area contributed by atoms with Gasteiger partial charge in [0.25, 0.3) is 0 Å². The largest absolute Gasteiger partial charge is 0.385 e. The number of hydrogen-bond acceptors (Lipinski definition) is 6. The number of methoxy groups -OCH3 is 1. The van der Waals surface area contributed by atoms with Crippen LogP contribution in [-0.4, -0.2) is 86.9 Å². The van der Waals surface area contributed by atoms with Crippen molar-refractivity contribution in [2.45, 2.75) is 45.4 Å². The molecular formula is C23H41N7O. The number of anilines is 1. The molecule has 31 heavy (non-hydrogen) atoms. The zero-order valence-corrected chi connectivity index (χ0v) is 19.5. The molecular weight excluding hydrogens is 390 g/mol. The zero-order chi connectivity index (χ0) is 21.8. The lowest BCUT2D eigenvalue weighted by Crippen LogP contribution is -2.47. The lowest BCUT2D eigenvalue weighted by atomic mass is 9.83. The van der Waals surface area contributed by atoms with Gasteiger partial charge >= 0.3 is 0 Å². The van der Waals surface area contributed by atoms with E-state index >= 15 is 0 Å². The summed E-state index contributed by atoms with van der Waals surface area (Å²) in [7, 11) is 1.80. The zero-order valence-electron chi connectivity index (χ0n) is 19.5. The molecule has 0 bridgehead atoms. The summed E-state index contributed by atoms with van der Waals surface area (Å²) in [6.07, 6.45) is 11.1. The number of hydrogen-bond donors (Lipinski definition) is 2. The molecule has 2 fully saturated rings. The molecule has 0 amide bonds. The quantitative estimate of drug-likeness (QED) is 0.316. The molecule has 0 aromatic carbocycles. The second-order valence-corrected chi connectivity index (χ2v) is 8.80. The molecule has 2 N–H and O–H groups in total. The molecule has 0 unspecified atom stereocenters. The fraction of sp³-hybridized carbons (Fsp3) is 0.783. The van der Waals surface area contributed by atoms with E-state index in [-0.39, 0.29) is 0 Å². The van der Waals surface area contributed by atoms with Crippen molar-refractivity contribution in [3.63, 3.8) is 0 Å². The first-order valence-corrected chi connectivity index (χ1v) is 12.0. The van der Waals surface area contributed by atoms with E-state index < -0.39 is 0 Å². The summed E-state index contributed by atoms with van der Waals surface area (Å²) < 4.78 is 5.36. The fourth-order valence-corrected chi connectivity index (χ4v) is 4.65. The molecule has 0 atom stereocenters. The Kier molecular flexibility index (Phi) is 9.81. The second-order valence-electron chi connectivity index (χ2n) is 8.80. The van der Waals surface area contributed by atoms with Crippen molar-refractivity contribution in [2.75, 3.05) is 71.0 Å². The van der Waals surface area contributed by atoms with Gasteiger partial charge in [-0.05, 0) is 50.6 Å². The highest BCUT2D eigenvalue weighted by Crippen LogP contribution is 2.41. The number of piperazine rings is 1. The third-order valence-electron chi connectivity index (χ3n) is 6.57. The minimum Gasteiger partial charge on any atom is -0.385 e. The fourth-order valence-electron chi connectivity index (χ4n) is 4.65. The number of nitrogens with one attached hydrogen (secondary N) is 2. The Labute approximate surface area is 187 Å². The van der Waals surface area contributed by atoms with Crippen molar-refractivity contribution in [2.24, 2.45) is 10.4 Å². The third-order valence-corrected chi connectivity index (χ3v) is 6.57. The molecule has 1 saturated carbocycles. The van der Waals surface area contributed by atoms with Gasteiger partial charge in [-0.3, -0.25) is 9.89 Å². The highest BCUT2D eigenvalue weighted by atomic mass is 16.5. The summed E-state index contributed by atoms with van der Waals surface area (Å²) in [5.74, 6) is 1.80. The number of ether oxygens (including phenoxy) is 1. The van der Waals surface area contributed by atoms with Gasteiger partial charge in [0.15, 0.2) is 5.96 Å². The summed E-state index contributed by atoms with van der Waals surface area (Å²) in [5.41, 5.74) is 0.334. The Bertz CT molecular complexity index is 641. The van der Waals surface area contributed by atoms with E-state index in [0.29, 0.717) is 5.41 Å². The van der Waals surface area contributed by atoms with Gasteiger partial charge in [0.2, 0.25) is 5.95 Å². The molecule has 0 spiro atoms. The third kappa shape index (κ3) is 7.61. The molecule has 3 rings (SSSR count). The van der Waals surface area contributed by atoms with Gasteiger partial charge in [0.1, 0.15) is 0 Å². The van der Waals surface area contributed by atoms with Crippen LogP contribution >= 0.6 is 0 Å². The first kappa shape index (κ1) is 23.7. The summed E-state index contributed by atoms with van der Waals surface area (Å²) in [6.45, 7) is 10.9. The normalized spacial score (nSPS) is 19.5. The summed E-state index contributed by atoms with van der Waals surface area (Å²) in [4.78, 5) is 18.5. The molecule has 1 aliphatic heterocycles. The van der Waals surface area contributed by atoms with Gasteiger partial charge in [-0.15, -0.1) is 0 Å². The van der Waals surface area contributed by atoms with E-state index in [1.165, 1.54) is 25.7 Å².